The third kappa shape index (κ3) is 3.97. The molecule has 0 aliphatic rings. The molecular weight excluding hydrogens is 306 g/mol. The van der Waals surface area contributed by atoms with Crippen LogP contribution in [0.1, 0.15) is 5.56 Å². The molecule has 0 saturated carbocycles. The number of halogens is 2. The Balaban J connectivity index is 2.27. The minimum atomic E-state index is -1.47. The number of ether oxygens (including phenoxy) is 1. The van der Waals surface area contributed by atoms with E-state index in [4.69, 9.17) is 27.0 Å². The summed E-state index contributed by atoms with van der Waals surface area (Å²) in [6.07, 6.45) is 0.263. The molecule has 0 bridgehead atoms. The SMILES string of the molecule is COC(=O)Cc1ccc2cc(OP(Cl)Cl)ccc2c1. The van der Waals surface area contributed by atoms with Gasteiger partial charge in [-0.25, -0.2) is 0 Å². The van der Waals surface area contributed by atoms with Gasteiger partial charge in [-0.3, -0.25) is 4.79 Å². The molecule has 0 saturated heterocycles. The number of hydrogen-bond acceptors (Lipinski definition) is 3. The lowest BCUT2D eigenvalue weighted by Gasteiger charge is -2.07. The summed E-state index contributed by atoms with van der Waals surface area (Å²) in [6, 6.07) is 11.3. The van der Waals surface area contributed by atoms with Crippen LogP contribution in [0.25, 0.3) is 10.8 Å². The molecule has 0 radical (unpaired) electrons. The largest absolute Gasteiger partial charge is 0.469 e. The van der Waals surface area contributed by atoms with Crippen molar-refractivity contribution in [1.82, 2.24) is 0 Å². The first-order chi connectivity index (χ1) is 9.08. The van der Waals surface area contributed by atoms with Crippen LogP contribution >= 0.6 is 29.3 Å². The summed E-state index contributed by atoms with van der Waals surface area (Å²) in [4.78, 5) is 11.2. The quantitative estimate of drug-likeness (QED) is 0.609. The Morgan fingerprint density at radius 1 is 1.16 bits per heavy atom. The van der Waals surface area contributed by atoms with Gasteiger partial charge in [0.1, 0.15) is 5.75 Å². The smallest absolute Gasteiger partial charge is 0.309 e. The molecular formula is C13H11Cl2O3P. The first kappa shape index (κ1) is 14.4. The number of carbonyl (C=O) groups excluding carboxylic acids is 1. The van der Waals surface area contributed by atoms with E-state index in [9.17, 15) is 4.79 Å². The van der Waals surface area contributed by atoms with Gasteiger partial charge >= 0.3 is 5.97 Å². The highest BCUT2D eigenvalue weighted by Gasteiger charge is 2.06. The Hall–Kier alpha value is -1.02. The fourth-order valence-corrected chi connectivity index (χ4v) is 2.51. The summed E-state index contributed by atoms with van der Waals surface area (Å²) < 4.78 is 9.90. The Morgan fingerprint density at radius 3 is 2.53 bits per heavy atom. The van der Waals surface area contributed by atoms with Crippen LogP contribution in [0.4, 0.5) is 0 Å². The lowest BCUT2D eigenvalue weighted by atomic mass is 10.0. The van der Waals surface area contributed by atoms with Crippen molar-refractivity contribution in [2.75, 3.05) is 7.11 Å². The number of methoxy groups -OCH3 is 1. The van der Waals surface area contributed by atoms with Gasteiger partial charge in [-0.15, -0.1) is 0 Å². The zero-order valence-corrected chi connectivity index (χ0v) is 12.5. The van der Waals surface area contributed by atoms with E-state index >= 15 is 0 Å². The van der Waals surface area contributed by atoms with Crippen LogP contribution in [0.15, 0.2) is 36.4 Å². The molecule has 0 spiro atoms. The summed E-state index contributed by atoms with van der Waals surface area (Å²) in [5, 5.41) is 2.01. The van der Waals surface area contributed by atoms with Crippen molar-refractivity contribution in [1.29, 1.82) is 0 Å². The molecule has 0 aliphatic carbocycles. The normalized spacial score (nSPS) is 10.7. The van der Waals surface area contributed by atoms with Crippen molar-refractivity contribution in [3.8, 4) is 5.75 Å². The van der Waals surface area contributed by atoms with Gasteiger partial charge in [-0.05, 0) is 51.0 Å². The fraction of sp³-hybridized carbons (Fsp3) is 0.154. The molecule has 6 heteroatoms. The molecule has 0 unspecified atom stereocenters. The molecule has 0 aliphatic heterocycles. The zero-order valence-electron chi connectivity index (χ0n) is 10.1. The molecule has 0 amide bonds. The van der Waals surface area contributed by atoms with Gasteiger partial charge in [0.2, 0.25) is 0 Å². The number of esters is 1. The van der Waals surface area contributed by atoms with E-state index in [0.717, 1.165) is 16.3 Å². The first-order valence-corrected chi connectivity index (χ1v) is 8.54. The van der Waals surface area contributed by atoms with Crippen molar-refractivity contribution in [3.63, 3.8) is 0 Å². The van der Waals surface area contributed by atoms with Gasteiger partial charge in [-0.2, -0.15) is 0 Å². The first-order valence-electron chi connectivity index (χ1n) is 5.47. The molecule has 0 atom stereocenters. The van der Waals surface area contributed by atoms with E-state index in [-0.39, 0.29) is 12.4 Å². The third-order valence-electron chi connectivity index (χ3n) is 2.63. The molecule has 3 nitrogen and oxygen atoms in total. The summed E-state index contributed by atoms with van der Waals surface area (Å²) in [6.45, 7) is -1.47. The highest BCUT2D eigenvalue weighted by atomic mass is 35.9. The van der Waals surface area contributed by atoms with Gasteiger partial charge in [0.25, 0.3) is 6.85 Å². The highest BCUT2D eigenvalue weighted by molar-refractivity contribution is 8.00. The minimum absolute atomic E-state index is 0.255. The minimum Gasteiger partial charge on any atom is -0.469 e. The zero-order chi connectivity index (χ0) is 13.8. The molecule has 0 aromatic heterocycles. The molecule has 2 rings (SSSR count). The summed E-state index contributed by atoms with van der Waals surface area (Å²) in [7, 11) is 1.38. The van der Waals surface area contributed by atoms with Gasteiger partial charge in [-0.1, -0.05) is 24.3 Å². The third-order valence-corrected chi connectivity index (χ3v) is 3.39. The summed E-state index contributed by atoms with van der Waals surface area (Å²) >= 11 is 11.2. The monoisotopic (exact) mass is 316 g/mol. The molecule has 0 heterocycles. The van der Waals surface area contributed by atoms with Crippen molar-refractivity contribution in [2.45, 2.75) is 6.42 Å². The topological polar surface area (TPSA) is 35.5 Å². The van der Waals surface area contributed by atoms with Gasteiger partial charge < -0.3 is 9.26 Å². The Labute approximate surface area is 121 Å². The molecule has 2 aromatic rings. The van der Waals surface area contributed by atoms with E-state index in [1.54, 1.807) is 6.07 Å². The van der Waals surface area contributed by atoms with Crippen LogP contribution in [0.2, 0.25) is 0 Å². The summed E-state index contributed by atoms with van der Waals surface area (Å²) in [5.41, 5.74) is 0.907. The van der Waals surface area contributed by atoms with Crippen molar-refractivity contribution in [3.05, 3.63) is 42.0 Å². The maximum Gasteiger partial charge on any atom is 0.309 e. The second-order valence-corrected chi connectivity index (χ2v) is 6.84. The van der Waals surface area contributed by atoms with E-state index in [2.05, 4.69) is 4.74 Å². The molecule has 2 aromatic carbocycles. The number of carbonyl (C=O) groups is 1. The number of benzene rings is 2. The molecule has 19 heavy (non-hydrogen) atoms. The van der Waals surface area contributed by atoms with E-state index in [0.29, 0.717) is 5.75 Å². The van der Waals surface area contributed by atoms with Crippen LogP contribution in [0, 0.1) is 0 Å². The van der Waals surface area contributed by atoms with Crippen LogP contribution in [-0.4, -0.2) is 13.1 Å². The number of rotatable bonds is 4. The lowest BCUT2D eigenvalue weighted by molar-refractivity contribution is -0.139. The fourth-order valence-electron chi connectivity index (χ4n) is 1.76. The summed E-state index contributed by atoms with van der Waals surface area (Å²) in [5.74, 6) is 0.374. The lowest BCUT2D eigenvalue weighted by Crippen LogP contribution is -2.04. The van der Waals surface area contributed by atoms with Gasteiger partial charge in [0.15, 0.2) is 0 Å². The van der Waals surface area contributed by atoms with Crippen molar-refractivity contribution < 1.29 is 14.1 Å². The average Bonchev–Trinajstić information content (AvgIpc) is 2.38. The van der Waals surface area contributed by atoms with Gasteiger partial charge in [0, 0.05) is 0 Å². The van der Waals surface area contributed by atoms with Crippen LogP contribution in [-0.2, 0) is 16.0 Å². The second kappa shape index (κ2) is 6.42. The molecule has 100 valence electrons. The molecule has 0 fully saturated rings. The number of fused-ring (bicyclic) bond motifs is 1. The van der Waals surface area contributed by atoms with E-state index in [1.165, 1.54) is 7.11 Å². The standard InChI is InChI=1S/C13H11Cl2O3P/c1-17-13(16)7-9-2-3-11-8-12(18-19(14)15)5-4-10(11)6-9/h2-6,8H,7H2,1H3. The van der Waals surface area contributed by atoms with Gasteiger partial charge in [0.05, 0.1) is 13.5 Å². The Bertz CT molecular complexity index is 601. The Kier molecular flexibility index (Phi) is 4.87. The predicted octanol–water partition coefficient (Wildman–Crippen LogP) is 4.64. The van der Waals surface area contributed by atoms with Crippen LogP contribution < -0.4 is 4.52 Å². The van der Waals surface area contributed by atoms with Crippen LogP contribution in [0.5, 0.6) is 5.75 Å². The van der Waals surface area contributed by atoms with Crippen molar-refractivity contribution in [2.24, 2.45) is 0 Å². The maximum absolute atomic E-state index is 11.2. The van der Waals surface area contributed by atoms with E-state index in [1.807, 2.05) is 30.3 Å². The Morgan fingerprint density at radius 2 is 1.84 bits per heavy atom. The second-order valence-electron chi connectivity index (χ2n) is 3.89. The molecule has 0 N–H and O–H groups in total. The van der Waals surface area contributed by atoms with E-state index < -0.39 is 6.85 Å². The van der Waals surface area contributed by atoms with Crippen LogP contribution in [0.3, 0.4) is 0 Å². The number of hydrogen-bond donors (Lipinski definition) is 0. The maximum atomic E-state index is 11.2. The average molecular weight is 317 g/mol. The highest BCUT2D eigenvalue weighted by Crippen LogP contribution is 2.48. The predicted molar refractivity (Wildman–Crippen MR) is 78.9 cm³/mol. The van der Waals surface area contributed by atoms with Crippen molar-refractivity contribution >= 4 is 46.1 Å².